The third-order valence-electron chi connectivity index (χ3n) is 6.06. The molecule has 7 heteroatoms. The van der Waals surface area contributed by atoms with Crippen LogP contribution in [-0.4, -0.2) is 41.8 Å². The Hall–Kier alpha value is -3.87. The number of rotatable bonds is 7. The van der Waals surface area contributed by atoms with Gasteiger partial charge in [-0.1, -0.05) is 30.3 Å². The maximum absolute atomic E-state index is 13.0. The van der Waals surface area contributed by atoms with Gasteiger partial charge in [-0.2, -0.15) is 0 Å². The summed E-state index contributed by atoms with van der Waals surface area (Å²) in [6, 6.07) is 19.6. The molecule has 1 unspecified atom stereocenters. The Bertz CT molecular complexity index is 1110. The Labute approximate surface area is 199 Å². The first-order valence-corrected chi connectivity index (χ1v) is 11.7. The van der Waals surface area contributed by atoms with E-state index < -0.39 is 6.04 Å². The molecule has 3 amide bonds. The maximum atomic E-state index is 13.0. The van der Waals surface area contributed by atoms with Crippen molar-refractivity contribution in [3.05, 3.63) is 84.3 Å². The lowest BCUT2D eigenvalue weighted by Gasteiger charge is -2.34. The fourth-order valence-electron chi connectivity index (χ4n) is 4.30. The second kappa shape index (κ2) is 10.8. The lowest BCUT2D eigenvalue weighted by molar-refractivity contribution is -0.121. The molecule has 3 aromatic rings. The van der Waals surface area contributed by atoms with Gasteiger partial charge in [0.15, 0.2) is 5.76 Å². The quantitative estimate of drug-likeness (QED) is 0.564. The molecule has 7 nitrogen and oxygen atoms in total. The first kappa shape index (κ1) is 23.3. The molecule has 0 spiro atoms. The van der Waals surface area contributed by atoms with Crippen LogP contribution in [0.2, 0.25) is 0 Å². The van der Waals surface area contributed by atoms with Gasteiger partial charge >= 0.3 is 0 Å². The summed E-state index contributed by atoms with van der Waals surface area (Å²) in [5.74, 6) is -0.229. The molecule has 0 aliphatic carbocycles. The van der Waals surface area contributed by atoms with Gasteiger partial charge in [0.1, 0.15) is 6.04 Å². The van der Waals surface area contributed by atoms with Crippen molar-refractivity contribution >= 4 is 29.1 Å². The highest BCUT2D eigenvalue weighted by Crippen LogP contribution is 2.22. The van der Waals surface area contributed by atoms with Crippen LogP contribution in [0.4, 0.5) is 11.4 Å². The molecule has 1 atom stereocenters. The normalized spacial score (nSPS) is 15.6. The topological polar surface area (TPSA) is 82.9 Å². The van der Waals surface area contributed by atoms with Crippen LogP contribution in [0, 0.1) is 0 Å². The molecule has 1 saturated heterocycles. The zero-order chi connectivity index (χ0) is 23.9. The van der Waals surface area contributed by atoms with Gasteiger partial charge in [0.05, 0.1) is 12.7 Å². The van der Waals surface area contributed by atoms with Gasteiger partial charge in [-0.3, -0.25) is 14.4 Å². The Morgan fingerprint density at radius 3 is 2.44 bits per heavy atom. The Morgan fingerprint density at radius 1 is 1.00 bits per heavy atom. The number of anilines is 2. The average Bonchev–Trinajstić information content (AvgIpc) is 3.41. The van der Waals surface area contributed by atoms with Crippen molar-refractivity contribution in [1.82, 2.24) is 4.90 Å². The number of amides is 3. The molecule has 4 rings (SSSR count). The lowest BCUT2D eigenvalue weighted by atomic mass is 10.0. The van der Waals surface area contributed by atoms with E-state index in [2.05, 4.69) is 5.32 Å². The molecule has 0 radical (unpaired) electrons. The van der Waals surface area contributed by atoms with E-state index in [1.165, 1.54) is 6.26 Å². The second-order valence-electron chi connectivity index (χ2n) is 8.32. The number of likely N-dealkylation sites (N-methyl/N-ethyl adjacent to an activating group) is 1. The van der Waals surface area contributed by atoms with Crippen molar-refractivity contribution in [1.29, 1.82) is 0 Å². The van der Waals surface area contributed by atoms with Gasteiger partial charge in [-0.25, -0.2) is 0 Å². The number of likely N-dealkylation sites (tertiary alicyclic amines) is 1. The number of para-hydroxylation sites is 1. The van der Waals surface area contributed by atoms with Gasteiger partial charge in [0.25, 0.3) is 5.91 Å². The number of piperidine rings is 1. The third-order valence-corrected chi connectivity index (χ3v) is 6.06. The van der Waals surface area contributed by atoms with Crippen LogP contribution in [0.1, 0.15) is 42.3 Å². The molecule has 1 aliphatic heterocycles. The van der Waals surface area contributed by atoms with Crippen LogP contribution in [0.15, 0.2) is 77.4 Å². The zero-order valence-corrected chi connectivity index (χ0v) is 19.3. The fraction of sp³-hybridized carbons (Fsp3) is 0.296. The van der Waals surface area contributed by atoms with E-state index in [1.54, 1.807) is 34.1 Å². The molecule has 0 bridgehead atoms. The number of nitrogens with zero attached hydrogens (tertiary/aromatic N) is 2. The van der Waals surface area contributed by atoms with Gasteiger partial charge < -0.3 is 19.5 Å². The summed E-state index contributed by atoms with van der Waals surface area (Å²) in [5.41, 5.74) is 2.37. The van der Waals surface area contributed by atoms with Crippen molar-refractivity contribution in [2.75, 3.05) is 23.3 Å². The minimum atomic E-state index is -0.545. The van der Waals surface area contributed by atoms with Crippen LogP contribution in [0.25, 0.3) is 0 Å². The van der Waals surface area contributed by atoms with Crippen molar-refractivity contribution in [2.45, 2.75) is 38.6 Å². The summed E-state index contributed by atoms with van der Waals surface area (Å²) in [6.07, 6.45) is 4.08. The zero-order valence-electron chi connectivity index (χ0n) is 19.3. The standard InChI is InChI=1S/C27H29N3O4/c1-2-29(22-9-4-3-5-10-22)25(31)19-20-13-15-21(16-14-20)28-26(32)23-11-6-7-17-30(23)27(33)24-12-8-18-34-24/h3-5,8-10,12-16,18,23H,2,6-7,11,17,19H2,1H3,(H,28,32). The number of hydrogen-bond acceptors (Lipinski definition) is 4. The Kier molecular flexibility index (Phi) is 7.42. The van der Waals surface area contributed by atoms with E-state index >= 15 is 0 Å². The number of hydrogen-bond donors (Lipinski definition) is 1. The van der Waals surface area contributed by atoms with E-state index in [1.807, 2.05) is 49.4 Å². The predicted octanol–water partition coefficient (Wildman–Crippen LogP) is 4.51. The van der Waals surface area contributed by atoms with Crippen LogP contribution in [0.5, 0.6) is 0 Å². The molecule has 176 valence electrons. The minimum Gasteiger partial charge on any atom is -0.459 e. The number of carbonyl (C=O) groups is 3. The van der Waals surface area contributed by atoms with Crippen LogP contribution < -0.4 is 10.2 Å². The van der Waals surface area contributed by atoms with E-state index in [4.69, 9.17) is 4.42 Å². The van der Waals surface area contributed by atoms with Gasteiger partial charge in [0, 0.05) is 24.5 Å². The smallest absolute Gasteiger partial charge is 0.290 e. The van der Waals surface area contributed by atoms with Crippen LogP contribution >= 0.6 is 0 Å². The highest BCUT2D eigenvalue weighted by atomic mass is 16.3. The first-order valence-electron chi connectivity index (χ1n) is 11.7. The van der Waals surface area contributed by atoms with Gasteiger partial charge in [0.2, 0.25) is 11.8 Å². The van der Waals surface area contributed by atoms with E-state index in [0.717, 1.165) is 24.1 Å². The van der Waals surface area contributed by atoms with Gasteiger partial charge in [-0.05, 0) is 68.1 Å². The van der Waals surface area contributed by atoms with Crippen LogP contribution in [0.3, 0.4) is 0 Å². The first-order chi connectivity index (χ1) is 16.6. The van der Waals surface area contributed by atoms with Gasteiger partial charge in [-0.15, -0.1) is 0 Å². The largest absolute Gasteiger partial charge is 0.459 e. The highest BCUT2D eigenvalue weighted by Gasteiger charge is 2.33. The molecule has 2 heterocycles. The summed E-state index contributed by atoms with van der Waals surface area (Å²) < 4.78 is 5.24. The summed E-state index contributed by atoms with van der Waals surface area (Å²) in [5, 5.41) is 2.92. The SMILES string of the molecule is CCN(C(=O)Cc1ccc(NC(=O)C2CCCCN2C(=O)c2ccco2)cc1)c1ccccc1. The van der Waals surface area contributed by atoms with Crippen molar-refractivity contribution in [3.63, 3.8) is 0 Å². The van der Waals surface area contributed by atoms with Crippen LogP contribution in [-0.2, 0) is 16.0 Å². The molecular weight excluding hydrogens is 430 g/mol. The number of benzene rings is 2. The summed E-state index contributed by atoms with van der Waals surface area (Å²) >= 11 is 0. The molecular formula is C27H29N3O4. The molecule has 1 fully saturated rings. The molecule has 2 aromatic carbocycles. The number of furan rings is 1. The monoisotopic (exact) mass is 459 g/mol. The van der Waals surface area contributed by atoms with E-state index in [0.29, 0.717) is 25.2 Å². The second-order valence-corrected chi connectivity index (χ2v) is 8.32. The summed E-state index contributed by atoms with van der Waals surface area (Å²) in [4.78, 5) is 41.9. The van der Waals surface area contributed by atoms with Crippen molar-refractivity contribution in [3.8, 4) is 0 Å². The fourth-order valence-corrected chi connectivity index (χ4v) is 4.30. The van der Waals surface area contributed by atoms with E-state index in [-0.39, 0.29) is 29.9 Å². The van der Waals surface area contributed by atoms with Crippen molar-refractivity contribution in [2.24, 2.45) is 0 Å². The highest BCUT2D eigenvalue weighted by molar-refractivity contribution is 6.00. The number of nitrogens with one attached hydrogen (secondary N) is 1. The maximum Gasteiger partial charge on any atom is 0.290 e. The molecule has 1 aliphatic rings. The number of carbonyl (C=O) groups excluding carboxylic acids is 3. The molecule has 0 saturated carbocycles. The molecule has 1 N–H and O–H groups in total. The third kappa shape index (κ3) is 5.36. The summed E-state index contributed by atoms with van der Waals surface area (Å²) in [7, 11) is 0. The lowest BCUT2D eigenvalue weighted by Crippen LogP contribution is -2.49. The van der Waals surface area contributed by atoms with Crippen molar-refractivity contribution < 1.29 is 18.8 Å². The molecule has 34 heavy (non-hydrogen) atoms. The average molecular weight is 460 g/mol. The Morgan fingerprint density at radius 2 is 1.76 bits per heavy atom. The minimum absolute atomic E-state index is 0.0137. The van der Waals surface area contributed by atoms with E-state index in [9.17, 15) is 14.4 Å². The summed E-state index contributed by atoms with van der Waals surface area (Å²) in [6.45, 7) is 3.06. The molecule has 1 aromatic heterocycles. The predicted molar refractivity (Wildman–Crippen MR) is 131 cm³/mol. The Balaban J connectivity index is 1.38.